The predicted octanol–water partition coefficient (Wildman–Crippen LogP) is 10.6. The Bertz CT molecular complexity index is 2800. The van der Waals surface area contributed by atoms with E-state index in [-0.39, 0.29) is 37.2 Å². The summed E-state index contributed by atoms with van der Waals surface area (Å²) < 4.78 is 33.6. The van der Waals surface area contributed by atoms with Gasteiger partial charge in [-0.15, -0.1) is 0 Å². The zero-order valence-corrected chi connectivity index (χ0v) is 57.8. The lowest BCUT2D eigenvalue weighted by Gasteiger charge is -2.27. The van der Waals surface area contributed by atoms with Crippen LogP contribution >= 0.6 is 0 Å². The van der Waals surface area contributed by atoms with Crippen molar-refractivity contribution in [3.8, 4) is 17.2 Å². The summed E-state index contributed by atoms with van der Waals surface area (Å²) in [5.41, 5.74) is 3.61. The second-order valence-corrected chi connectivity index (χ2v) is 24.1. The number of hydrogen-bond donors (Lipinski definition) is 6. The minimum Gasteiger partial charge on any atom is -0.491 e. The first-order valence-electron chi connectivity index (χ1n) is 34.6. The number of aliphatic hydroxyl groups excluding tert-OH is 6. The van der Waals surface area contributed by atoms with Crippen molar-refractivity contribution < 1.29 is 73.4 Å². The van der Waals surface area contributed by atoms with Crippen LogP contribution in [0.1, 0.15) is 147 Å². The van der Waals surface area contributed by atoms with E-state index in [4.69, 9.17) is 28.4 Å². The molecule has 528 valence electrons. The molecule has 6 unspecified atom stereocenters. The van der Waals surface area contributed by atoms with E-state index in [2.05, 4.69) is 39.5 Å². The minimum atomic E-state index is -0.773. The highest BCUT2D eigenvalue weighted by molar-refractivity contribution is 6.10. The summed E-state index contributed by atoms with van der Waals surface area (Å²) in [6, 6.07) is 48.0. The summed E-state index contributed by atoms with van der Waals surface area (Å²) >= 11 is 0. The second kappa shape index (κ2) is 49.7. The quantitative estimate of drug-likeness (QED) is 0.0154. The number of benzene rings is 6. The number of hydrogen-bond acceptors (Lipinski definition) is 18. The molecule has 18 nitrogen and oxygen atoms in total. The molecule has 0 heterocycles. The maximum Gasteiger partial charge on any atom is 0.193 e. The fourth-order valence-electron chi connectivity index (χ4n) is 10.2. The van der Waals surface area contributed by atoms with Crippen LogP contribution in [0, 0.1) is 0 Å². The Labute approximate surface area is 571 Å². The van der Waals surface area contributed by atoms with Crippen molar-refractivity contribution >= 4 is 17.3 Å². The van der Waals surface area contributed by atoms with Crippen molar-refractivity contribution in [3.63, 3.8) is 0 Å². The molecule has 0 aliphatic carbocycles. The maximum absolute atomic E-state index is 12.6. The third kappa shape index (κ3) is 34.5. The molecule has 0 radical (unpaired) electrons. The summed E-state index contributed by atoms with van der Waals surface area (Å²) in [5, 5.41) is 61.9. The molecule has 6 rings (SSSR count). The Morgan fingerprint density at radius 2 is 0.500 bits per heavy atom. The largest absolute Gasteiger partial charge is 0.491 e. The lowest BCUT2D eigenvalue weighted by molar-refractivity contribution is -0.0106. The summed E-state index contributed by atoms with van der Waals surface area (Å²) in [7, 11) is 0. The SMILES string of the molecule is CCCCOCC(O)CN(CCC)CC(O)COCCCC.CCCCOCC(O)CN(CCC)CC(O)COc1ccc(C(=O)c2ccccc2)cc1.CCCN(CC(O)COc1ccc(C(=O)c2ccccc2)cc1)CC(O)COc1ccc(C(=O)c2ccccc2)cc1. The Morgan fingerprint density at radius 1 is 0.292 bits per heavy atom. The highest BCUT2D eigenvalue weighted by atomic mass is 16.5. The molecule has 0 aliphatic rings. The average Bonchev–Trinajstić information content (AvgIpc) is 0.919. The van der Waals surface area contributed by atoms with Crippen LogP contribution < -0.4 is 14.2 Å². The molecule has 96 heavy (non-hydrogen) atoms. The third-order valence-corrected chi connectivity index (χ3v) is 15.1. The second-order valence-electron chi connectivity index (χ2n) is 24.1. The van der Waals surface area contributed by atoms with Gasteiger partial charge in [-0.2, -0.15) is 0 Å². The number of aliphatic hydroxyl groups is 6. The first-order chi connectivity index (χ1) is 46.6. The predicted molar refractivity (Wildman–Crippen MR) is 379 cm³/mol. The first-order valence-corrected chi connectivity index (χ1v) is 34.6. The standard InChI is InChI=1S/C35H37NO6.C26H37NO5.C17H37NO4/c1-2-21-36(22-30(37)24-41-32-17-13-28(14-18-32)34(39)26-9-5-3-6-10-26)23-31(38)25-42-33-19-15-29(16-20-33)35(40)27-11-7-4-8-12-27;1-3-5-16-31-19-23(28)17-27(15-4-2)18-24(29)20-32-25-13-11-22(12-14-25)26(30)21-9-7-6-8-10-21;1-4-7-10-21-14-16(19)12-18(9-6-3)13-17(20)15-22-11-8-5-2/h3-20,30-31,37-38H,2,21-25H2,1H3;6-14,23-24,28-29H,3-5,15-20H2,1-2H3;16-17,19-20H,4-15H2,1-3H3. The summed E-state index contributed by atoms with van der Waals surface area (Å²) in [6.45, 7) is 20.8. The van der Waals surface area contributed by atoms with Gasteiger partial charge in [0.05, 0.1) is 38.1 Å². The van der Waals surface area contributed by atoms with Gasteiger partial charge in [-0.05, 0) is 131 Å². The van der Waals surface area contributed by atoms with Crippen molar-refractivity contribution in [2.75, 3.05) is 118 Å². The summed E-state index contributed by atoms with van der Waals surface area (Å²) in [5.74, 6) is 1.56. The van der Waals surface area contributed by atoms with E-state index < -0.39 is 36.6 Å². The van der Waals surface area contributed by atoms with Crippen molar-refractivity contribution in [2.24, 2.45) is 0 Å². The van der Waals surface area contributed by atoms with Gasteiger partial charge in [0.1, 0.15) is 55.4 Å². The number of rotatable bonds is 48. The van der Waals surface area contributed by atoms with E-state index in [1.807, 2.05) is 71.3 Å². The third-order valence-electron chi connectivity index (χ3n) is 15.1. The Balaban J connectivity index is 0.000000323. The van der Waals surface area contributed by atoms with Gasteiger partial charge in [-0.3, -0.25) is 29.1 Å². The van der Waals surface area contributed by atoms with E-state index in [0.717, 1.165) is 70.9 Å². The summed E-state index contributed by atoms with van der Waals surface area (Å²) in [6.07, 6.45) is 5.25. The molecule has 0 amide bonds. The van der Waals surface area contributed by atoms with E-state index >= 15 is 0 Å². The number of nitrogens with zero attached hydrogens (tertiary/aromatic N) is 3. The van der Waals surface area contributed by atoms with E-state index in [1.165, 1.54) is 0 Å². The lowest BCUT2D eigenvalue weighted by atomic mass is 10.0. The Morgan fingerprint density at radius 3 is 0.708 bits per heavy atom. The maximum atomic E-state index is 12.6. The number of unbranched alkanes of at least 4 members (excludes halogenated alkanes) is 3. The molecule has 0 saturated heterocycles. The molecule has 0 spiro atoms. The van der Waals surface area contributed by atoms with Gasteiger partial charge in [0.2, 0.25) is 0 Å². The molecule has 18 heteroatoms. The molecular weight excluding hydrogens is 1220 g/mol. The molecular formula is C78H111N3O15. The molecule has 6 aromatic carbocycles. The molecule has 0 saturated carbocycles. The Hall–Kier alpha value is -6.75. The Kier molecular flexibility index (Phi) is 42.3. The number of ether oxygens (including phenoxy) is 6. The van der Waals surface area contributed by atoms with E-state index in [1.54, 1.807) is 109 Å². The van der Waals surface area contributed by atoms with Gasteiger partial charge in [0, 0.05) is 92.5 Å². The van der Waals surface area contributed by atoms with Crippen LogP contribution in [0.2, 0.25) is 0 Å². The van der Waals surface area contributed by atoms with Gasteiger partial charge < -0.3 is 59.1 Å². The van der Waals surface area contributed by atoms with Gasteiger partial charge in [0.15, 0.2) is 17.3 Å². The number of carbonyl (C=O) groups is 3. The first kappa shape index (κ1) is 81.7. The smallest absolute Gasteiger partial charge is 0.193 e. The summed E-state index contributed by atoms with van der Waals surface area (Å²) in [4.78, 5) is 43.7. The van der Waals surface area contributed by atoms with E-state index in [0.29, 0.717) is 136 Å². The molecule has 6 atom stereocenters. The zero-order valence-electron chi connectivity index (χ0n) is 57.8. The topological polar surface area (TPSA) is 238 Å². The molecule has 0 aliphatic heterocycles. The van der Waals surface area contributed by atoms with Gasteiger partial charge >= 0.3 is 0 Å². The minimum absolute atomic E-state index is 0.0374. The highest BCUT2D eigenvalue weighted by Crippen LogP contribution is 2.20. The lowest BCUT2D eigenvalue weighted by Crippen LogP contribution is -2.42. The van der Waals surface area contributed by atoms with Crippen molar-refractivity contribution in [3.05, 3.63) is 197 Å². The fourth-order valence-corrected chi connectivity index (χ4v) is 10.2. The van der Waals surface area contributed by atoms with Crippen molar-refractivity contribution in [1.82, 2.24) is 14.7 Å². The van der Waals surface area contributed by atoms with Crippen molar-refractivity contribution in [2.45, 2.75) is 136 Å². The zero-order chi connectivity index (χ0) is 69.6. The van der Waals surface area contributed by atoms with Crippen LogP contribution in [0.3, 0.4) is 0 Å². The average molecular weight is 1330 g/mol. The number of carbonyl (C=O) groups excluding carboxylic acids is 3. The molecule has 0 fully saturated rings. The van der Waals surface area contributed by atoms with Crippen LogP contribution in [-0.4, -0.2) is 218 Å². The van der Waals surface area contributed by atoms with Crippen molar-refractivity contribution in [1.29, 1.82) is 0 Å². The molecule has 6 aromatic rings. The molecule has 0 bridgehead atoms. The van der Waals surface area contributed by atoms with Gasteiger partial charge in [0.25, 0.3) is 0 Å². The highest BCUT2D eigenvalue weighted by Gasteiger charge is 2.21. The van der Waals surface area contributed by atoms with Gasteiger partial charge in [-0.1, -0.05) is 152 Å². The monoisotopic (exact) mass is 1330 g/mol. The molecule has 6 N–H and O–H groups in total. The molecule has 0 aromatic heterocycles. The van der Waals surface area contributed by atoms with Crippen LogP contribution in [0.4, 0.5) is 0 Å². The fraction of sp³-hybridized carbons (Fsp3) is 0.500. The number of ketones is 3. The van der Waals surface area contributed by atoms with E-state index in [9.17, 15) is 45.0 Å². The van der Waals surface area contributed by atoms with Crippen LogP contribution in [0.15, 0.2) is 164 Å². The van der Waals surface area contributed by atoms with Gasteiger partial charge in [-0.25, -0.2) is 0 Å². The van der Waals surface area contributed by atoms with Crippen LogP contribution in [0.5, 0.6) is 17.2 Å². The van der Waals surface area contributed by atoms with Crippen LogP contribution in [-0.2, 0) is 14.2 Å². The van der Waals surface area contributed by atoms with Crippen LogP contribution in [0.25, 0.3) is 0 Å². The normalized spacial score (nSPS) is 13.2.